The minimum Gasteiger partial charge on any atom is -0.488 e. The summed E-state index contributed by atoms with van der Waals surface area (Å²) in [5.74, 6) is -0.121. The Balaban J connectivity index is 1.99. The van der Waals surface area contributed by atoms with Crippen LogP contribution in [0.25, 0.3) is 0 Å². The minimum atomic E-state index is -0.413. The number of ether oxygens (including phenoxy) is 1. The summed E-state index contributed by atoms with van der Waals surface area (Å²) in [5, 5.41) is 11.4. The molecule has 2 rings (SSSR count). The van der Waals surface area contributed by atoms with Crippen LogP contribution in [0.3, 0.4) is 0 Å². The Bertz CT molecular complexity index is 739. The van der Waals surface area contributed by atoms with E-state index >= 15 is 0 Å². The molecule has 0 spiro atoms. The van der Waals surface area contributed by atoms with E-state index in [1.54, 1.807) is 24.3 Å². The Hall–Kier alpha value is -2.58. The Morgan fingerprint density at radius 1 is 1.25 bits per heavy atom. The monoisotopic (exact) mass is 346 g/mol. The van der Waals surface area contributed by atoms with Crippen molar-refractivity contribution in [3.63, 3.8) is 0 Å². The van der Waals surface area contributed by atoms with Gasteiger partial charge in [-0.1, -0.05) is 35.9 Å². The lowest BCUT2D eigenvalue weighted by Crippen LogP contribution is -2.25. The fraction of sp³-hybridized carbons (Fsp3) is 0.222. The Kier molecular flexibility index (Phi) is 6.59. The molecule has 2 aromatic carbocycles. The lowest BCUT2D eigenvalue weighted by molar-refractivity contribution is -0.120. The summed E-state index contributed by atoms with van der Waals surface area (Å²) < 4.78 is 19.5. The van der Waals surface area contributed by atoms with Gasteiger partial charge in [0.25, 0.3) is 0 Å². The van der Waals surface area contributed by atoms with Crippen LogP contribution < -0.4 is 10.1 Å². The first-order valence-corrected chi connectivity index (χ1v) is 7.77. The predicted molar refractivity (Wildman–Crippen MR) is 89.1 cm³/mol. The Labute approximate surface area is 144 Å². The average Bonchev–Trinajstić information content (AvgIpc) is 2.56. The number of benzene rings is 2. The lowest BCUT2D eigenvalue weighted by atomic mass is 10.1. The van der Waals surface area contributed by atoms with E-state index in [0.717, 1.165) is 5.56 Å². The maximum atomic E-state index is 13.8. The Morgan fingerprint density at radius 3 is 2.79 bits per heavy atom. The highest BCUT2D eigenvalue weighted by molar-refractivity contribution is 6.31. The summed E-state index contributed by atoms with van der Waals surface area (Å²) >= 11 is 5.99. The molecule has 4 nitrogen and oxygen atoms in total. The van der Waals surface area contributed by atoms with Gasteiger partial charge >= 0.3 is 0 Å². The van der Waals surface area contributed by atoms with Crippen molar-refractivity contribution >= 4 is 17.5 Å². The van der Waals surface area contributed by atoms with E-state index in [2.05, 4.69) is 5.32 Å². The van der Waals surface area contributed by atoms with E-state index in [9.17, 15) is 9.18 Å². The number of amides is 1. The highest BCUT2D eigenvalue weighted by atomic mass is 35.5. The molecule has 0 aliphatic carbocycles. The fourth-order valence-corrected chi connectivity index (χ4v) is 2.36. The first-order chi connectivity index (χ1) is 11.6. The number of nitrogens with zero attached hydrogens (tertiary/aromatic N) is 1. The molecular weight excluding hydrogens is 331 g/mol. The molecule has 0 aromatic heterocycles. The third kappa shape index (κ3) is 4.97. The predicted octanol–water partition coefficient (Wildman–Crippen LogP) is 3.63. The number of carbonyl (C=O) groups is 1. The van der Waals surface area contributed by atoms with Crippen LogP contribution in [0.5, 0.6) is 5.75 Å². The molecule has 1 N–H and O–H groups in total. The van der Waals surface area contributed by atoms with E-state index in [4.69, 9.17) is 21.6 Å². The van der Waals surface area contributed by atoms with Gasteiger partial charge < -0.3 is 10.1 Å². The van der Waals surface area contributed by atoms with Gasteiger partial charge in [-0.3, -0.25) is 4.79 Å². The van der Waals surface area contributed by atoms with Crippen molar-refractivity contribution in [1.29, 1.82) is 5.26 Å². The summed E-state index contributed by atoms with van der Waals surface area (Å²) in [6.45, 7) is 0.407. The number of carbonyl (C=O) groups excluding carboxylic acids is 1. The first-order valence-electron chi connectivity index (χ1n) is 7.39. The molecule has 0 saturated heterocycles. The molecule has 0 atom stereocenters. The third-order valence-electron chi connectivity index (χ3n) is 3.36. The number of nitrogens with one attached hydrogen (secondary N) is 1. The van der Waals surface area contributed by atoms with Gasteiger partial charge in [0, 0.05) is 12.1 Å². The van der Waals surface area contributed by atoms with E-state index in [-0.39, 0.29) is 18.9 Å². The molecule has 24 heavy (non-hydrogen) atoms. The number of hydrogen-bond donors (Lipinski definition) is 1. The van der Waals surface area contributed by atoms with Gasteiger partial charge in [0.15, 0.2) is 0 Å². The number of hydrogen-bond acceptors (Lipinski definition) is 3. The zero-order chi connectivity index (χ0) is 17.4. The zero-order valence-electron chi connectivity index (χ0n) is 12.9. The summed E-state index contributed by atoms with van der Waals surface area (Å²) in [6, 6.07) is 13.6. The van der Waals surface area contributed by atoms with Crippen molar-refractivity contribution in [1.82, 2.24) is 5.32 Å². The largest absolute Gasteiger partial charge is 0.488 e. The molecule has 6 heteroatoms. The van der Waals surface area contributed by atoms with E-state index in [1.807, 2.05) is 18.2 Å². The van der Waals surface area contributed by atoms with Gasteiger partial charge in [0.05, 0.1) is 11.1 Å². The van der Waals surface area contributed by atoms with Crippen LogP contribution in [0.4, 0.5) is 4.39 Å². The number of para-hydroxylation sites is 1. The molecule has 0 unspecified atom stereocenters. The standard InChI is InChI=1S/C18H16ClFN2O2/c19-15-5-3-6-16(20)14(15)12-24-17-7-2-1-4-13(17)9-11-22-18(23)8-10-21/h1-7H,8-9,11-12H2,(H,22,23). The number of halogens is 2. The van der Waals surface area contributed by atoms with Crippen LogP contribution in [0.15, 0.2) is 42.5 Å². The minimum absolute atomic E-state index is 0.0172. The lowest BCUT2D eigenvalue weighted by Gasteiger charge is -2.13. The van der Waals surface area contributed by atoms with Crippen molar-refractivity contribution < 1.29 is 13.9 Å². The van der Waals surface area contributed by atoms with Crippen molar-refractivity contribution in [2.24, 2.45) is 0 Å². The second-order valence-corrected chi connectivity index (χ2v) is 5.44. The van der Waals surface area contributed by atoms with Gasteiger partial charge in [-0.25, -0.2) is 4.39 Å². The van der Waals surface area contributed by atoms with Crippen molar-refractivity contribution in [2.45, 2.75) is 19.4 Å². The second-order valence-electron chi connectivity index (χ2n) is 5.03. The molecule has 1 amide bonds. The maximum absolute atomic E-state index is 13.8. The molecule has 124 valence electrons. The third-order valence-corrected chi connectivity index (χ3v) is 3.72. The molecule has 0 fully saturated rings. The average molecular weight is 347 g/mol. The summed E-state index contributed by atoms with van der Waals surface area (Å²) in [7, 11) is 0. The highest BCUT2D eigenvalue weighted by Gasteiger charge is 2.10. The van der Waals surface area contributed by atoms with Gasteiger partial charge in [-0.05, 0) is 30.2 Å². The molecular formula is C18H16ClFN2O2. The number of rotatable bonds is 7. The zero-order valence-corrected chi connectivity index (χ0v) is 13.6. The molecule has 2 aromatic rings. The van der Waals surface area contributed by atoms with Crippen LogP contribution in [0, 0.1) is 17.1 Å². The van der Waals surface area contributed by atoms with Gasteiger partial charge in [0.2, 0.25) is 5.91 Å². The van der Waals surface area contributed by atoms with Crippen molar-refractivity contribution in [2.75, 3.05) is 6.54 Å². The molecule has 0 saturated carbocycles. The summed E-state index contributed by atoms with van der Waals surface area (Å²) in [4.78, 5) is 11.3. The van der Waals surface area contributed by atoms with Crippen LogP contribution >= 0.6 is 11.6 Å². The highest BCUT2D eigenvalue weighted by Crippen LogP contribution is 2.24. The summed E-state index contributed by atoms with van der Waals surface area (Å²) in [5.41, 5.74) is 1.18. The normalized spacial score (nSPS) is 10.0. The van der Waals surface area contributed by atoms with Gasteiger partial charge in [-0.2, -0.15) is 5.26 Å². The SMILES string of the molecule is N#CCC(=O)NCCc1ccccc1OCc1c(F)cccc1Cl. The van der Waals surface area contributed by atoms with Crippen molar-refractivity contribution in [3.05, 3.63) is 64.4 Å². The molecule has 0 aliphatic heterocycles. The molecule has 0 heterocycles. The van der Waals surface area contributed by atoms with Crippen LogP contribution in [0.1, 0.15) is 17.5 Å². The van der Waals surface area contributed by atoms with Crippen molar-refractivity contribution in [3.8, 4) is 11.8 Å². The van der Waals surface area contributed by atoms with Crippen LogP contribution in [-0.4, -0.2) is 12.5 Å². The maximum Gasteiger partial charge on any atom is 0.234 e. The molecule has 0 radical (unpaired) electrons. The molecule has 0 bridgehead atoms. The second kappa shape index (κ2) is 8.90. The summed E-state index contributed by atoms with van der Waals surface area (Å²) in [6.07, 6.45) is 0.377. The van der Waals surface area contributed by atoms with Crippen LogP contribution in [0.2, 0.25) is 5.02 Å². The van der Waals surface area contributed by atoms with Gasteiger partial charge in [0.1, 0.15) is 24.6 Å². The van der Waals surface area contributed by atoms with E-state index in [0.29, 0.717) is 29.3 Å². The number of nitriles is 1. The quantitative estimate of drug-likeness (QED) is 0.832. The van der Waals surface area contributed by atoms with Crippen LogP contribution in [-0.2, 0) is 17.8 Å². The van der Waals surface area contributed by atoms with E-state index < -0.39 is 5.82 Å². The first kappa shape index (κ1) is 17.8. The molecule has 0 aliphatic rings. The Morgan fingerprint density at radius 2 is 2.04 bits per heavy atom. The van der Waals surface area contributed by atoms with E-state index in [1.165, 1.54) is 6.07 Å². The fourth-order valence-electron chi connectivity index (χ4n) is 2.14. The topological polar surface area (TPSA) is 62.1 Å². The van der Waals surface area contributed by atoms with Gasteiger partial charge in [-0.15, -0.1) is 0 Å². The smallest absolute Gasteiger partial charge is 0.234 e.